The predicted octanol–water partition coefficient (Wildman–Crippen LogP) is 4.09. The molecule has 0 radical (unpaired) electrons. The van der Waals surface area contributed by atoms with Crippen LogP contribution in [0.15, 0.2) is 36.4 Å². The summed E-state index contributed by atoms with van der Waals surface area (Å²) in [6, 6.07) is 8.31. The molecule has 0 aliphatic carbocycles. The number of hydrogen-bond donors (Lipinski definition) is 1. The van der Waals surface area contributed by atoms with Crippen molar-refractivity contribution in [1.82, 2.24) is 0 Å². The molecule has 0 saturated heterocycles. The van der Waals surface area contributed by atoms with Crippen LogP contribution in [-0.4, -0.2) is 0 Å². The van der Waals surface area contributed by atoms with Gasteiger partial charge in [-0.2, -0.15) is 0 Å². The van der Waals surface area contributed by atoms with Gasteiger partial charge in [-0.3, -0.25) is 0 Å². The third kappa shape index (κ3) is 2.90. The lowest BCUT2D eigenvalue weighted by molar-refractivity contribution is 0.427. The molecule has 0 amide bonds. The number of ether oxygens (including phenoxy) is 1. The van der Waals surface area contributed by atoms with Crippen molar-refractivity contribution in [2.75, 3.05) is 0 Å². The number of rotatable bonds is 3. The summed E-state index contributed by atoms with van der Waals surface area (Å²) in [7, 11) is 0. The minimum absolute atomic E-state index is 0.0474. The van der Waals surface area contributed by atoms with Crippen LogP contribution in [0.2, 0.25) is 0 Å². The second-order valence-electron chi connectivity index (χ2n) is 4.46. The first-order valence-corrected chi connectivity index (χ1v) is 5.97. The third-order valence-electron chi connectivity index (χ3n) is 2.85. The molecule has 0 fully saturated rings. The molecule has 0 aliphatic heterocycles. The zero-order valence-electron chi connectivity index (χ0n) is 10.8. The van der Waals surface area contributed by atoms with E-state index in [1.165, 1.54) is 18.2 Å². The second kappa shape index (κ2) is 5.36. The minimum Gasteiger partial charge on any atom is -0.454 e. The molecule has 0 heterocycles. The number of halogens is 2. The number of aryl methyl sites for hydroxylation is 1. The van der Waals surface area contributed by atoms with Crippen LogP contribution >= 0.6 is 0 Å². The Balaban J connectivity index is 2.46. The molecule has 0 spiro atoms. The number of nitrogens with two attached hydrogens (primary N) is 1. The van der Waals surface area contributed by atoms with Gasteiger partial charge in [0.15, 0.2) is 11.6 Å². The van der Waals surface area contributed by atoms with Crippen molar-refractivity contribution < 1.29 is 13.5 Å². The Kier molecular flexibility index (Phi) is 3.81. The minimum atomic E-state index is -0.515. The normalized spacial score (nSPS) is 12.3. The van der Waals surface area contributed by atoms with E-state index in [2.05, 4.69) is 0 Å². The maximum atomic E-state index is 13.9. The van der Waals surface area contributed by atoms with Crippen LogP contribution in [0.3, 0.4) is 0 Å². The summed E-state index contributed by atoms with van der Waals surface area (Å²) in [6.45, 7) is 3.50. The van der Waals surface area contributed by atoms with E-state index in [0.717, 1.165) is 5.56 Å². The summed E-state index contributed by atoms with van der Waals surface area (Å²) < 4.78 is 32.6. The summed E-state index contributed by atoms with van der Waals surface area (Å²) in [5, 5.41) is 0. The summed E-state index contributed by atoms with van der Waals surface area (Å²) in [5.74, 6) is -0.615. The Labute approximate surface area is 110 Å². The Morgan fingerprint density at radius 1 is 1.16 bits per heavy atom. The molecule has 1 atom stereocenters. The number of benzene rings is 2. The van der Waals surface area contributed by atoms with Crippen LogP contribution in [-0.2, 0) is 0 Å². The average Bonchev–Trinajstić information content (AvgIpc) is 2.35. The molecule has 2 rings (SSSR count). The van der Waals surface area contributed by atoms with Crippen LogP contribution in [0.1, 0.15) is 24.1 Å². The summed E-state index contributed by atoms with van der Waals surface area (Å²) >= 11 is 0. The van der Waals surface area contributed by atoms with E-state index >= 15 is 0 Å². The maximum absolute atomic E-state index is 13.9. The van der Waals surface area contributed by atoms with Crippen molar-refractivity contribution in [2.24, 2.45) is 5.73 Å². The predicted molar refractivity (Wildman–Crippen MR) is 70.2 cm³/mol. The standard InChI is InChI=1S/C15H15F2NO/c1-9-6-7-11(16)8-14(9)19-15-12(10(2)18)4-3-5-13(15)17/h3-8,10H,18H2,1-2H3. The van der Waals surface area contributed by atoms with Crippen LogP contribution < -0.4 is 10.5 Å². The largest absolute Gasteiger partial charge is 0.454 e. The molecule has 4 heteroatoms. The lowest BCUT2D eigenvalue weighted by Crippen LogP contribution is -2.08. The van der Waals surface area contributed by atoms with E-state index in [0.29, 0.717) is 5.56 Å². The van der Waals surface area contributed by atoms with E-state index in [4.69, 9.17) is 10.5 Å². The lowest BCUT2D eigenvalue weighted by Gasteiger charge is -2.15. The van der Waals surface area contributed by atoms with Crippen molar-refractivity contribution >= 4 is 0 Å². The van der Waals surface area contributed by atoms with Crippen molar-refractivity contribution in [1.29, 1.82) is 0 Å². The van der Waals surface area contributed by atoms with Gasteiger partial charge in [0.05, 0.1) is 0 Å². The highest BCUT2D eigenvalue weighted by Crippen LogP contribution is 2.33. The monoisotopic (exact) mass is 263 g/mol. The fourth-order valence-corrected chi connectivity index (χ4v) is 1.79. The average molecular weight is 263 g/mol. The Bertz CT molecular complexity index is 597. The van der Waals surface area contributed by atoms with Gasteiger partial charge in [0.1, 0.15) is 11.6 Å². The molecular weight excluding hydrogens is 248 g/mol. The zero-order chi connectivity index (χ0) is 14.0. The van der Waals surface area contributed by atoms with Gasteiger partial charge in [0, 0.05) is 17.7 Å². The Morgan fingerprint density at radius 3 is 2.58 bits per heavy atom. The first-order chi connectivity index (χ1) is 8.99. The Hall–Kier alpha value is -1.94. The highest BCUT2D eigenvalue weighted by molar-refractivity contribution is 5.43. The first-order valence-electron chi connectivity index (χ1n) is 5.97. The van der Waals surface area contributed by atoms with E-state index in [1.54, 1.807) is 32.0 Å². The topological polar surface area (TPSA) is 35.2 Å². The van der Waals surface area contributed by atoms with Crippen LogP contribution in [0.5, 0.6) is 11.5 Å². The van der Waals surface area contributed by atoms with Gasteiger partial charge in [0.25, 0.3) is 0 Å². The summed E-state index contributed by atoms with van der Waals surface area (Å²) in [5.41, 5.74) is 7.05. The molecule has 2 nitrogen and oxygen atoms in total. The molecular formula is C15H15F2NO. The van der Waals surface area contributed by atoms with Crippen molar-refractivity contribution in [3.8, 4) is 11.5 Å². The van der Waals surface area contributed by atoms with E-state index < -0.39 is 11.6 Å². The number of hydrogen-bond acceptors (Lipinski definition) is 2. The van der Waals surface area contributed by atoms with Gasteiger partial charge in [-0.05, 0) is 31.5 Å². The van der Waals surface area contributed by atoms with E-state index in [-0.39, 0.29) is 17.5 Å². The summed E-state index contributed by atoms with van der Waals surface area (Å²) in [4.78, 5) is 0. The molecule has 0 aliphatic rings. The molecule has 100 valence electrons. The van der Waals surface area contributed by atoms with Crippen LogP contribution in [0.25, 0.3) is 0 Å². The van der Waals surface area contributed by atoms with Gasteiger partial charge in [-0.15, -0.1) is 0 Å². The van der Waals surface area contributed by atoms with Crippen molar-refractivity contribution in [3.63, 3.8) is 0 Å². The van der Waals surface area contributed by atoms with E-state index in [9.17, 15) is 8.78 Å². The van der Waals surface area contributed by atoms with Gasteiger partial charge < -0.3 is 10.5 Å². The third-order valence-corrected chi connectivity index (χ3v) is 2.85. The fourth-order valence-electron chi connectivity index (χ4n) is 1.79. The van der Waals surface area contributed by atoms with Crippen LogP contribution in [0.4, 0.5) is 8.78 Å². The molecule has 1 unspecified atom stereocenters. The number of para-hydroxylation sites is 1. The highest BCUT2D eigenvalue weighted by Gasteiger charge is 2.15. The van der Waals surface area contributed by atoms with Crippen molar-refractivity contribution in [3.05, 3.63) is 59.2 Å². The summed E-state index contributed by atoms with van der Waals surface area (Å²) in [6.07, 6.45) is 0. The van der Waals surface area contributed by atoms with Crippen LogP contribution in [0, 0.1) is 18.6 Å². The first kappa shape index (κ1) is 13.5. The highest BCUT2D eigenvalue weighted by atomic mass is 19.1. The molecule has 19 heavy (non-hydrogen) atoms. The molecule has 2 N–H and O–H groups in total. The SMILES string of the molecule is Cc1ccc(F)cc1Oc1c(F)cccc1C(C)N. The smallest absolute Gasteiger partial charge is 0.167 e. The maximum Gasteiger partial charge on any atom is 0.167 e. The molecule has 0 bridgehead atoms. The Morgan fingerprint density at radius 2 is 1.89 bits per heavy atom. The molecule has 2 aromatic carbocycles. The van der Waals surface area contributed by atoms with Gasteiger partial charge in [-0.25, -0.2) is 8.78 Å². The molecule has 2 aromatic rings. The molecule has 0 aromatic heterocycles. The van der Waals surface area contributed by atoms with Gasteiger partial charge in [-0.1, -0.05) is 18.2 Å². The zero-order valence-corrected chi connectivity index (χ0v) is 10.8. The quantitative estimate of drug-likeness (QED) is 0.905. The molecule has 0 saturated carbocycles. The second-order valence-corrected chi connectivity index (χ2v) is 4.46. The lowest BCUT2D eigenvalue weighted by atomic mass is 10.1. The van der Waals surface area contributed by atoms with Gasteiger partial charge in [0.2, 0.25) is 0 Å². The fraction of sp³-hybridized carbons (Fsp3) is 0.200. The van der Waals surface area contributed by atoms with Gasteiger partial charge >= 0.3 is 0 Å². The van der Waals surface area contributed by atoms with E-state index in [1.807, 2.05) is 0 Å². The van der Waals surface area contributed by atoms with Crippen molar-refractivity contribution in [2.45, 2.75) is 19.9 Å².